The minimum Gasteiger partial charge on any atom is -0.345 e. The van der Waals surface area contributed by atoms with E-state index in [1.54, 1.807) is 6.92 Å². The third kappa shape index (κ3) is 9.21. The predicted octanol–water partition coefficient (Wildman–Crippen LogP) is 2.65. The molecular formula is C19H23N5O2. The number of nitrogens with zero attached hydrogens (tertiary/aromatic N) is 4. The van der Waals surface area contributed by atoms with Gasteiger partial charge in [0.15, 0.2) is 5.54 Å². The molecule has 1 amide bonds. The Balaban J connectivity index is 4.85. The molecule has 7 heteroatoms. The number of terminal acetylenes is 2. The van der Waals surface area contributed by atoms with E-state index in [0.717, 1.165) is 0 Å². The van der Waals surface area contributed by atoms with Crippen molar-refractivity contribution < 1.29 is 9.59 Å². The Bertz CT molecular complexity index is 641. The summed E-state index contributed by atoms with van der Waals surface area (Å²) in [7, 11) is 0. The SMILES string of the molecule is [C-]#[N+]C(C)(CCC(=O)CCC#C)N=NC(C)(C#N)CCC(=O)NCC#C. The zero-order chi connectivity index (χ0) is 20.1. The van der Waals surface area contributed by atoms with E-state index in [4.69, 9.17) is 19.4 Å². The molecule has 26 heavy (non-hydrogen) atoms. The fourth-order valence-corrected chi connectivity index (χ4v) is 1.78. The smallest absolute Gasteiger partial charge is 0.338 e. The van der Waals surface area contributed by atoms with Crippen molar-refractivity contribution in [2.45, 2.75) is 63.6 Å². The van der Waals surface area contributed by atoms with Crippen molar-refractivity contribution in [3.05, 3.63) is 11.4 Å². The van der Waals surface area contributed by atoms with Gasteiger partial charge in [0.05, 0.1) is 19.0 Å². The number of ketones is 1. The van der Waals surface area contributed by atoms with Gasteiger partial charge < -0.3 is 5.32 Å². The summed E-state index contributed by atoms with van der Waals surface area (Å²) >= 11 is 0. The lowest BCUT2D eigenvalue weighted by Gasteiger charge is -2.17. The Kier molecular flexibility index (Phi) is 10.0. The van der Waals surface area contributed by atoms with Gasteiger partial charge in [-0.3, -0.25) is 14.4 Å². The zero-order valence-corrected chi connectivity index (χ0v) is 15.2. The van der Waals surface area contributed by atoms with Crippen LogP contribution in [0.5, 0.6) is 0 Å². The predicted molar refractivity (Wildman–Crippen MR) is 97.3 cm³/mol. The lowest BCUT2D eigenvalue weighted by Crippen LogP contribution is -2.28. The van der Waals surface area contributed by atoms with Crippen LogP contribution in [0.3, 0.4) is 0 Å². The topological polar surface area (TPSA) is 99.0 Å². The number of hydrogen-bond donors (Lipinski definition) is 1. The molecule has 0 fully saturated rings. The molecule has 0 aromatic rings. The fraction of sp³-hybridized carbons (Fsp3) is 0.579. The first-order valence-electron chi connectivity index (χ1n) is 8.13. The summed E-state index contributed by atoms with van der Waals surface area (Å²) in [6, 6.07) is 2.01. The van der Waals surface area contributed by atoms with Crippen molar-refractivity contribution in [3.63, 3.8) is 0 Å². The van der Waals surface area contributed by atoms with Crippen LogP contribution in [0, 0.1) is 42.6 Å². The van der Waals surface area contributed by atoms with E-state index in [1.807, 2.05) is 6.07 Å². The summed E-state index contributed by atoms with van der Waals surface area (Å²) in [5, 5.41) is 19.8. The first-order chi connectivity index (χ1) is 12.2. The Morgan fingerprint density at radius 1 is 1.15 bits per heavy atom. The molecule has 0 saturated carbocycles. The van der Waals surface area contributed by atoms with Gasteiger partial charge in [0.1, 0.15) is 5.78 Å². The molecule has 0 aliphatic heterocycles. The van der Waals surface area contributed by atoms with Crippen molar-refractivity contribution in [1.29, 1.82) is 5.26 Å². The van der Waals surface area contributed by atoms with Crippen molar-refractivity contribution in [3.8, 4) is 30.8 Å². The molecule has 7 nitrogen and oxygen atoms in total. The number of rotatable bonds is 11. The van der Waals surface area contributed by atoms with Crippen LogP contribution in [-0.4, -0.2) is 29.4 Å². The molecule has 0 radical (unpaired) electrons. The van der Waals surface area contributed by atoms with E-state index in [9.17, 15) is 14.9 Å². The van der Waals surface area contributed by atoms with Crippen LogP contribution in [0.4, 0.5) is 0 Å². The van der Waals surface area contributed by atoms with Crippen molar-refractivity contribution in [2.24, 2.45) is 10.2 Å². The molecule has 0 heterocycles. The van der Waals surface area contributed by atoms with Crippen LogP contribution in [0.2, 0.25) is 0 Å². The number of amides is 1. The minimum absolute atomic E-state index is 0.0405. The summed E-state index contributed by atoms with van der Waals surface area (Å²) in [5.74, 6) is 4.36. The van der Waals surface area contributed by atoms with Gasteiger partial charge in [-0.05, 0) is 13.3 Å². The van der Waals surface area contributed by atoms with E-state index in [0.29, 0.717) is 6.42 Å². The fourth-order valence-electron chi connectivity index (χ4n) is 1.78. The molecule has 0 bridgehead atoms. The molecule has 0 saturated heterocycles. The van der Waals surface area contributed by atoms with Gasteiger partial charge in [0.2, 0.25) is 5.91 Å². The number of hydrogen-bond acceptors (Lipinski definition) is 5. The summed E-state index contributed by atoms with van der Waals surface area (Å²) in [5.41, 5.74) is -2.48. The van der Waals surface area contributed by atoms with Gasteiger partial charge in [-0.25, -0.2) is 6.57 Å². The molecular weight excluding hydrogens is 330 g/mol. The van der Waals surface area contributed by atoms with E-state index in [-0.39, 0.29) is 50.3 Å². The molecule has 136 valence electrons. The number of azo groups is 1. The van der Waals surface area contributed by atoms with Gasteiger partial charge in [0, 0.05) is 32.6 Å². The average molecular weight is 353 g/mol. The highest BCUT2D eigenvalue weighted by molar-refractivity contribution is 5.78. The van der Waals surface area contributed by atoms with Crippen LogP contribution in [0.25, 0.3) is 4.85 Å². The van der Waals surface area contributed by atoms with Gasteiger partial charge in [-0.1, -0.05) is 5.92 Å². The van der Waals surface area contributed by atoms with Crippen LogP contribution in [0.15, 0.2) is 10.2 Å². The molecule has 1 N–H and O–H groups in total. The van der Waals surface area contributed by atoms with Crippen LogP contribution in [0.1, 0.15) is 52.4 Å². The summed E-state index contributed by atoms with van der Waals surface area (Å²) in [6.07, 6.45) is 11.4. The van der Waals surface area contributed by atoms with Crippen LogP contribution in [-0.2, 0) is 9.59 Å². The molecule has 2 atom stereocenters. The highest BCUT2D eigenvalue weighted by Crippen LogP contribution is 2.25. The van der Waals surface area contributed by atoms with Gasteiger partial charge in [-0.2, -0.15) is 10.4 Å². The molecule has 2 unspecified atom stereocenters. The largest absolute Gasteiger partial charge is 0.345 e. The zero-order valence-electron chi connectivity index (χ0n) is 15.2. The Morgan fingerprint density at radius 3 is 2.38 bits per heavy atom. The number of Topliss-reactive ketones (excluding diaryl/α,β-unsaturated/α-hetero) is 1. The first kappa shape index (κ1) is 22.8. The van der Waals surface area contributed by atoms with E-state index >= 15 is 0 Å². The third-order valence-electron chi connectivity index (χ3n) is 3.62. The molecule has 0 aliphatic rings. The molecule has 0 spiro atoms. The average Bonchev–Trinajstić information content (AvgIpc) is 2.65. The van der Waals surface area contributed by atoms with Gasteiger partial charge in [-0.15, -0.1) is 23.9 Å². The van der Waals surface area contributed by atoms with E-state index < -0.39 is 11.2 Å². The monoisotopic (exact) mass is 353 g/mol. The summed E-state index contributed by atoms with van der Waals surface area (Å²) in [6.45, 7) is 10.5. The quantitative estimate of drug-likeness (QED) is 0.351. The number of nitrogens with one attached hydrogen (secondary N) is 1. The Morgan fingerprint density at radius 2 is 1.85 bits per heavy atom. The summed E-state index contributed by atoms with van der Waals surface area (Å²) < 4.78 is 0. The van der Waals surface area contributed by atoms with Crippen molar-refractivity contribution in [1.82, 2.24) is 5.32 Å². The van der Waals surface area contributed by atoms with Gasteiger partial charge >= 0.3 is 5.66 Å². The minimum atomic E-state index is -1.24. The van der Waals surface area contributed by atoms with E-state index in [1.165, 1.54) is 6.92 Å². The molecule has 0 rings (SSSR count). The van der Waals surface area contributed by atoms with Crippen molar-refractivity contribution >= 4 is 11.7 Å². The first-order valence-corrected chi connectivity index (χ1v) is 8.13. The standard InChI is InChI=1S/C19H23N5O2/c1-6-8-9-16(25)10-13-19(4,21-5)24-23-18(3,15-20)12-11-17(26)22-14-7-2/h1-2H,8-14H2,3-4H3,(H,22,26). The maximum absolute atomic E-state index is 11.7. The second-order valence-electron chi connectivity index (χ2n) is 6.14. The normalized spacial score (nSPS) is 14.7. The number of carbonyl (C=O) groups is 2. The Hall–Kier alpha value is -3.16. The van der Waals surface area contributed by atoms with Crippen LogP contribution < -0.4 is 5.32 Å². The Labute approximate surface area is 155 Å². The van der Waals surface area contributed by atoms with Crippen LogP contribution >= 0.6 is 0 Å². The summed E-state index contributed by atoms with van der Waals surface area (Å²) in [4.78, 5) is 26.7. The highest BCUT2D eigenvalue weighted by Gasteiger charge is 2.33. The molecule has 0 aliphatic carbocycles. The second kappa shape index (κ2) is 11.4. The number of nitriles is 1. The molecule has 0 aromatic carbocycles. The second-order valence-corrected chi connectivity index (χ2v) is 6.14. The van der Waals surface area contributed by atoms with Crippen molar-refractivity contribution in [2.75, 3.05) is 6.54 Å². The maximum Gasteiger partial charge on any atom is 0.338 e. The highest BCUT2D eigenvalue weighted by atomic mass is 16.1. The third-order valence-corrected chi connectivity index (χ3v) is 3.62. The maximum atomic E-state index is 11.7. The molecule has 0 aromatic heterocycles. The van der Waals surface area contributed by atoms with E-state index in [2.05, 4.69) is 32.2 Å². The lowest BCUT2D eigenvalue weighted by molar-refractivity contribution is -0.121. The van der Waals surface area contributed by atoms with Gasteiger partial charge in [0.25, 0.3) is 0 Å². The number of carbonyl (C=O) groups excluding carboxylic acids is 2. The lowest BCUT2D eigenvalue weighted by atomic mass is 9.98.